The summed E-state index contributed by atoms with van der Waals surface area (Å²) in [5.74, 6) is 0.702. The van der Waals surface area contributed by atoms with E-state index in [1.54, 1.807) is 30.2 Å². The molecule has 27 heavy (non-hydrogen) atoms. The van der Waals surface area contributed by atoms with Gasteiger partial charge in [0, 0.05) is 18.7 Å². The zero-order valence-electron chi connectivity index (χ0n) is 15.7. The van der Waals surface area contributed by atoms with Crippen LogP contribution in [0.2, 0.25) is 0 Å². The molecule has 0 radical (unpaired) electrons. The third-order valence-electron chi connectivity index (χ3n) is 4.70. The van der Waals surface area contributed by atoms with Gasteiger partial charge >= 0.3 is 6.03 Å². The van der Waals surface area contributed by atoms with Crippen LogP contribution < -0.4 is 20.3 Å². The Balaban J connectivity index is 1.72. The predicted octanol–water partition coefficient (Wildman–Crippen LogP) is 4.09. The highest BCUT2D eigenvalue weighted by molar-refractivity contribution is 5.97. The Kier molecular flexibility index (Phi) is 5.96. The zero-order chi connectivity index (χ0) is 19.2. The lowest BCUT2D eigenvalue weighted by atomic mass is 10.1. The third kappa shape index (κ3) is 4.58. The fourth-order valence-electron chi connectivity index (χ4n) is 3.23. The molecule has 1 aliphatic rings. The van der Waals surface area contributed by atoms with Crippen molar-refractivity contribution in [3.63, 3.8) is 0 Å². The number of amides is 3. The second-order valence-corrected chi connectivity index (χ2v) is 6.62. The van der Waals surface area contributed by atoms with Crippen molar-refractivity contribution in [3.8, 4) is 5.75 Å². The first-order chi connectivity index (χ1) is 13.1. The molecule has 3 amide bonds. The molecule has 142 valence electrons. The average Bonchev–Trinajstić information content (AvgIpc) is 2.69. The van der Waals surface area contributed by atoms with Crippen molar-refractivity contribution in [2.24, 2.45) is 0 Å². The Labute approximate surface area is 159 Å². The third-order valence-corrected chi connectivity index (χ3v) is 4.70. The molecule has 1 heterocycles. The van der Waals surface area contributed by atoms with E-state index in [1.807, 2.05) is 37.3 Å². The second kappa shape index (κ2) is 8.58. The van der Waals surface area contributed by atoms with Gasteiger partial charge in [-0.25, -0.2) is 4.79 Å². The van der Waals surface area contributed by atoms with Gasteiger partial charge in [0.05, 0.1) is 18.8 Å². The molecule has 0 aliphatic carbocycles. The van der Waals surface area contributed by atoms with Gasteiger partial charge in [-0.1, -0.05) is 30.3 Å². The maximum absolute atomic E-state index is 12.4. The highest BCUT2D eigenvalue weighted by atomic mass is 16.5. The van der Waals surface area contributed by atoms with E-state index in [-0.39, 0.29) is 18.0 Å². The largest absolute Gasteiger partial charge is 0.495 e. The van der Waals surface area contributed by atoms with E-state index in [4.69, 9.17) is 4.74 Å². The summed E-state index contributed by atoms with van der Waals surface area (Å²) in [6.45, 7) is 2.59. The second-order valence-electron chi connectivity index (χ2n) is 6.62. The van der Waals surface area contributed by atoms with Gasteiger partial charge in [-0.05, 0) is 43.5 Å². The number of methoxy groups -OCH3 is 1. The number of hydrogen-bond acceptors (Lipinski definition) is 3. The summed E-state index contributed by atoms with van der Waals surface area (Å²) in [4.78, 5) is 26.4. The van der Waals surface area contributed by atoms with E-state index < -0.39 is 0 Å². The van der Waals surface area contributed by atoms with Crippen LogP contribution in [0.4, 0.5) is 16.2 Å². The van der Waals surface area contributed by atoms with Crippen LogP contribution in [-0.2, 0) is 4.79 Å². The Morgan fingerprint density at radius 3 is 2.63 bits per heavy atom. The van der Waals surface area contributed by atoms with Crippen molar-refractivity contribution < 1.29 is 14.3 Å². The van der Waals surface area contributed by atoms with Crippen LogP contribution in [0.5, 0.6) is 5.75 Å². The number of carbonyl (C=O) groups excluding carboxylic acids is 2. The predicted molar refractivity (Wildman–Crippen MR) is 106 cm³/mol. The summed E-state index contributed by atoms with van der Waals surface area (Å²) in [7, 11) is 1.58. The molecule has 0 spiro atoms. The van der Waals surface area contributed by atoms with Crippen molar-refractivity contribution in [3.05, 3.63) is 54.1 Å². The molecule has 2 aromatic carbocycles. The minimum absolute atomic E-state index is 0.0823. The number of nitrogens with zero attached hydrogens (tertiary/aromatic N) is 1. The SMILES string of the molecule is COc1ccc(NC(=O)NC(C)c2ccccc2)cc1N1CCCCC1=O. The van der Waals surface area contributed by atoms with E-state index >= 15 is 0 Å². The first kappa shape index (κ1) is 18.8. The topological polar surface area (TPSA) is 70.7 Å². The zero-order valence-corrected chi connectivity index (χ0v) is 15.7. The van der Waals surface area contributed by atoms with Crippen LogP contribution in [0, 0.1) is 0 Å². The van der Waals surface area contributed by atoms with E-state index in [0.29, 0.717) is 30.1 Å². The molecule has 0 aromatic heterocycles. The summed E-state index contributed by atoms with van der Waals surface area (Å²) < 4.78 is 5.41. The van der Waals surface area contributed by atoms with Crippen LogP contribution in [0.15, 0.2) is 48.5 Å². The lowest BCUT2D eigenvalue weighted by Gasteiger charge is -2.28. The molecular formula is C21H25N3O3. The Morgan fingerprint density at radius 2 is 1.93 bits per heavy atom. The van der Waals surface area contributed by atoms with E-state index in [1.165, 1.54) is 0 Å². The van der Waals surface area contributed by atoms with Crippen LogP contribution >= 0.6 is 0 Å². The van der Waals surface area contributed by atoms with Gasteiger partial charge < -0.3 is 20.3 Å². The van der Waals surface area contributed by atoms with Crippen LogP contribution in [0.25, 0.3) is 0 Å². The normalized spacial score (nSPS) is 15.2. The number of carbonyl (C=O) groups is 2. The van der Waals surface area contributed by atoms with Crippen molar-refractivity contribution in [2.45, 2.75) is 32.2 Å². The number of benzene rings is 2. The Morgan fingerprint density at radius 1 is 1.15 bits per heavy atom. The van der Waals surface area contributed by atoms with Gasteiger partial charge in [-0.2, -0.15) is 0 Å². The maximum Gasteiger partial charge on any atom is 0.319 e. The lowest BCUT2D eigenvalue weighted by molar-refractivity contribution is -0.119. The van der Waals surface area contributed by atoms with Crippen molar-refractivity contribution in [1.82, 2.24) is 5.32 Å². The molecule has 1 atom stereocenters. The molecule has 0 bridgehead atoms. The van der Waals surface area contributed by atoms with Crippen LogP contribution in [0.1, 0.15) is 37.8 Å². The molecule has 6 nitrogen and oxygen atoms in total. The molecule has 0 saturated carbocycles. The van der Waals surface area contributed by atoms with Gasteiger partial charge in [0.1, 0.15) is 5.75 Å². The summed E-state index contributed by atoms with van der Waals surface area (Å²) in [5, 5.41) is 5.76. The number of ether oxygens (including phenoxy) is 1. The number of rotatable bonds is 5. The molecule has 1 saturated heterocycles. The molecule has 1 fully saturated rings. The van der Waals surface area contributed by atoms with E-state index in [2.05, 4.69) is 10.6 Å². The minimum atomic E-state index is -0.299. The van der Waals surface area contributed by atoms with E-state index in [0.717, 1.165) is 18.4 Å². The van der Waals surface area contributed by atoms with Crippen molar-refractivity contribution in [2.75, 3.05) is 23.9 Å². The summed E-state index contributed by atoms with van der Waals surface area (Å²) in [5.41, 5.74) is 2.33. The highest BCUT2D eigenvalue weighted by Gasteiger charge is 2.23. The molecule has 2 aromatic rings. The Hall–Kier alpha value is -3.02. The quantitative estimate of drug-likeness (QED) is 0.836. The first-order valence-corrected chi connectivity index (χ1v) is 9.19. The van der Waals surface area contributed by atoms with Crippen LogP contribution in [-0.4, -0.2) is 25.6 Å². The van der Waals surface area contributed by atoms with Gasteiger partial charge in [-0.3, -0.25) is 4.79 Å². The number of hydrogen-bond donors (Lipinski definition) is 2. The first-order valence-electron chi connectivity index (χ1n) is 9.19. The van der Waals surface area contributed by atoms with Crippen LogP contribution in [0.3, 0.4) is 0 Å². The number of anilines is 2. The van der Waals surface area contributed by atoms with Gasteiger partial charge in [-0.15, -0.1) is 0 Å². The van der Waals surface area contributed by atoms with Crippen molar-refractivity contribution >= 4 is 23.3 Å². The molecule has 6 heteroatoms. The number of nitrogens with one attached hydrogen (secondary N) is 2. The monoisotopic (exact) mass is 367 g/mol. The molecular weight excluding hydrogens is 342 g/mol. The average molecular weight is 367 g/mol. The van der Waals surface area contributed by atoms with Gasteiger partial charge in [0.15, 0.2) is 0 Å². The molecule has 1 unspecified atom stereocenters. The summed E-state index contributed by atoms with van der Waals surface area (Å²) in [6.07, 6.45) is 2.41. The summed E-state index contributed by atoms with van der Waals surface area (Å²) >= 11 is 0. The highest BCUT2D eigenvalue weighted by Crippen LogP contribution is 2.33. The molecule has 2 N–H and O–H groups in total. The maximum atomic E-state index is 12.4. The standard InChI is InChI=1S/C21H25N3O3/c1-15(16-8-4-3-5-9-16)22-21(26)23-17-11-12-19(27-2)18(14-17)24-13-7-6-10-20(24)25/h3-5,8-9,11-12,14-15H,6-7,10,13H2,1-2H3,(H2,22,23,26). The fourth-order valence-corrected chi connectivity index (χ4v) is 3.23. The minimum Gasteiger partial charge on any atom is -0.495 e. The van der Waals surface area contributed by atoms with Crippen molar-refractivity contribution in [1.29, 1.82) is 0 Å². The van der Waals surface area contributed by atoms with E-state index in [9.17, 15) is 9.59 Å². The molecule has 3 rings (SSSR count). The molecule has 1 aliphatic heterocycles. The number of urea groups is 1. The fraction of sp³-hybridized carbons (Fsp3) is 0.333. The smallest absolute Gasteiger partial charge is 0.319 e. The number of piperidine rings is 1. The van der Waals surface area contributed by atoms with Gasteiger partial charge in [0.2, 0.25) is 5.91 Å². The summed E-state index contributed by atoms with van der Waals surface area (Å²) in [6, 6.07) is 14.7. The lowest BCUT2D eigenvalue weighted by Crippen LogP contribution is -2.35. The van der Waals surface area contributed by atoms with Gasteiger partial charge in [0.25, 0.3) is 0 Å². The Bertz CT molecular complexity index is 808.